The predicted molar refractivity (Wildman–Crippen MR) is 104 cm³/mol. The fraction of sp³-hybridized carbons (Fsp3) is 0.300. The summed E-state index contributed by atoms with van der Waals surface area (Å²) < 4.78 is 14.0. The number of carbonyl (C=O) groups excluding carboxylic acids is 1. The van der Waals surface area contributed by atoms with Gasteiger partial charge in [-0.1, -0.05) is 24.3 Å². The molecule has 6 heteroatoms. The van der Waals surface area contributed by atoms with Crippen molar-refractivity contribution in [2.75, 3.05) is 20.1 Å². The Hall–Kier alpha value is -2.31. The topological polar surface area (TPSA) is 45.2 Å². The van der Waals surface area contributed by atoms with E-state index in [2.05, 4.69) is 23.3 Å². The summed E-state index contributed by atoms with van der Waals surface area (Å²) in [5, 5.41) is 3.93. The number of aromatic nitrogens is 1. The highest BCUT2D eigenvalue weighted by molar-refractivity contribution is 7.18. The number of fused-ring (bicyclic) bond motifs is 1. The Balaban J connectivity index is 1.49. The van der Waals surface area contributed by atoms with Crippen molar-refractivity contribution in [2.24, 2.45) is 0 Å². The summed E-state index contributed by atoms with van der Waals surface area (Å²) in [4.78, 5) is 18.8. The maximum Gasteiger partial charge on any atom is 0.234 e. The molecule has 0 spiro atoms. The first-order valence-corrected chi connectivity index (χ1v) is 9.41. The minimum absolute atomic E-state index is 0.0254. The molecule has 0 aliphatic carbocycles. The molecular weight excluding hydrogens is 349 g/mol. The predicted octanol–water partition coefficient (Wildman–Crippen LogP) is 3.79. The SMILES string of the molecule is C[C@@H](c1nc2ccccc2s1)N(C)CC(=O)NCCc1ccc(F)cc1. The van der Waals surface area contributed by atoms with Crippen molar-refractivity contribution in [3.63, 3.8) is 0 Å². The van der Waals surface area contributed by atoms with Crippen LogP contribution in [-0.2, 0) is 11.2 Å². The second-order valence-corrected chi connectivity index (χ2v) is 7.40. The minimum Gasteiger partial charge on any atom is -0.355 e. The lowest BCUT2D eigenvalue weighted by molar-refractivity contribution is -0.122. The summed E-state index contributed by atoms with van der Waals surface area (Å²) in [6, 6.07) is 14.5. The average Bonchev–Trinajstić information content (AvgIpc) is 3.06. The van der Waals surface area contributed by atoms with Gasteiger partial charge in [-0.15, -0.1) is 11.3 Å². The zero-order valence-corrected chi connectivity index (χ0v) is 15.7. The lowest BCUT2D eigenvalue weighted by Gasteiger charge is -2.22. The molecule has 0 bridgehead atoms. The lowest BCUT2D eigenvalue weighted by atomic mass is 10.1. The summed E-state index contributed by atoms with van der Waals surface area (Å²) in [6.07, 6.45) is 0.684. The number of rotatable bonds is 7. The standard InChI is InChI=1S/C20H22FN3OS/c1-14(20-23-17-5-3-4-6-18(17)26-20)24(2)13-19(25)22-12-11-15-7-9-16(21)10-8-15/h3-10,14H,11-13H2,1-2H3,(H,22,25)/t14-/m0/s1. The fourth-order valence-electron chi connectivity index (χ4n) is 2.67. The van der Waals surface area contributed by atoms with Crippen molar-refractivity contribution in [1.29, 1.82) is 0 Å². The molecule has 136 valence electrons. The van der Waals surface area contributed by atoms with Gasteiger partial charge in [0.25, 0.3) is 0 Å². The van der Waals surface area contributed by atoms with Crippen LogP contribution < -0.4 is 5.32 Å². The van der Waals surface area contributed by atoms with Crippen molar-refractivity contribution < 1.29 is 9.18 Å². The van der Waals surface area contributed by atoms with Crippen LogP contribution in [0.3, 0.4) is 0 Å². The van der Waals surface area contributed by atoms with E-state index in [0.717, 1.165) is 20.8 Å². The Kier molecular flexibility index (Phi) is 5.96. The molecule has 2 aromatic carbocycles. The molecule has 1 N–H and O–H groups in total. The van der Waals surface area contributed by atoms with E-state index in [1.54, 1.807) is 23.5 Å². The number of nitrogens with zero attached hydrogens (tertiary/aromatic N) is 2. The van der Waals surface area contributed by atoms with Gasteiger partial charge in [-0.05, 0) is 50.2 Å². The third kappa shape index (κ3) is 4.65. The van der Waals surface area contributed by atoms with E-state index in [9.17, 15) is 9.18 Å². The van der Waals surface area contributed by atoms with E-state index in [4.69, 9.17) is 0 Å². The van der Waals surface area contributed by atoms with Crippen LogP contribution in [0.25, 0.3) is 10.2 Å². The number of likely N-dealkylation sites (N-methyl/N-ethyl adjacent to an activating group) is 1. The average molecular weight is 371 g/mol. The Bertz CT molecular complexity index is 845. The Morgan fingerprint density at radius 3 is 2.69 bits per heavy atom. The third-order valence-electron chi connectivity index (χ3n) is 4.37. The lowest BCUT2D eigenvalue weighted by Crippen LogP contribution is -2.37. The zero-order valence-electron chi connectivity index (χ0n) is 14.9. The van der Waals surface area contributed by atoms with E-state index >= 15 is 0 Å². The number of hydrogen-bond donors (Lipinski definition) is 1. The number of amides is 1. The molecule has 1 heterocycles. The second kappa shape index (κ2) is 8.38. The molecule has 4 nitrogen and oxygen atoms in total. The summed E-state index contributed by atoms with van der Waals surface area (Å²) in [5.74, 6) is -0.272. The van der Waals surface area contributed by atoms with Crippen LogP contribution in [-0.4, -0.2) is 35.9 Å². The largest absolute Gasteiger partial charge is 0.355 e. The maximum atomic E-state index is 12.9. The highest BCUT2D eigenvalue weighted by atomic mass is 32.1. The Morgan fingerprint density at radius 2 is 1.96 bits per heavy atom. The first kappa shape index (κ1) is 18.5. The molecule has 0 saturated carbocycles. The summed E-state index contributed by atoms with van der Waals surface area (Å²) >= 11 is 1.66. The second-order valence-electron chi connectivity index (χ2n) is 6.34. The van der Waals surface area contributed by atoms with Gasteiger partial charge in [0.1, 0.15) is 10.8 Å². The van der Waals surface area contributed by atoms with Gasteiger partial charge in [0.15, 0.2) is 0 Å². The Morgan fingerprint density at radius 1 is 1.23 bits per heavy atom. The quantitative estimate of drug-likeness (QED) is 0.687. The van der Waals surface area contributed by atoms with Gasteiger partial charge >= 0.3 is 0 Å². The van der Waals surface area contributed by atoms with Crippen molar-refractivity contribution in [3.05, 3.63) is 64.9 Å². The van der Waals surface area contributed by atoms with Gasteiger partial charge in [-0.25, -0.2) is 9.37 Å². The van der Waals surface area contributed by atoms with Crippen LogP contribution in [0.5, 0.6) is 0 Å². The van der Waals surface area contributed by atoms with Crippen molar-refractivity contribution in [3.8, 4) is 0 Å². The molecule has 26 heavy (non-hydrogen) atoms. The van der Waals surface area contributed by atoms with E-state index in [-0.39, 0.29) is 17.8 Å². The molecule has 0 aliphatic rings. The molecule has 0 unspecified atom stereocenters. The number of benzene rings is 2. The molecule has 0 aliphatic heterocycles. The highest BCUT2D eigenvalue weighted by Crippen LogP contribution is 2.28. The Labute approximate surface area is 156 Å². The van der Waals surface area contributed by atoms with Crippen LogP contribution >= 0.6 is 11.3 Å². The first-order valence-electron chi connectivity index (χ1n) is 8.60. The van der Waals surface area contributed by atoms with Gasteiger partial charge in [0.2, 0.25) is 5.91 Å². The number of para-hydroxylation sites is 1. The van der Waals surface area contributed by atoms with E-state index in [1.807, 2.05) is 30.1 Å². The van der Waals surface area contributed by atoms with Crippen LogP contribution in [0.4, 0.5) is 4.39 Å². The molecular formula is C20H22FN3OS. The van der Waals surface area contributed by atoms with Gasteiger partial charge in [0, 0.05) is 6.54 Å². The number of nitrogens with one attached hydrogen (secondary N) is 1. The van der Waals surface area contributed by atoms with Crippen molar-refractivity contribution >= 4 is 27.5 Å². The van der Waals surface area contributed by atoms with Crippen LogP contribution in [0, 0.1) is 5.82 Å². The van der Waals surface area contributed by atoms with E-state index < -0.39 is 0 Å². The molecule has 1 atom stereocenters. The summed E-state index contributed by atoms with van der Waals surface area (Å²) in [7, 11) is 1.93. The minimum atomic E-state index is -0.247. The molecule has 1 amide bonds. The molecule has 0 fully saturated rings. The molecule has 1 aromatic heterocycles. The summed E-state index contributed by atoms with van der Waals surface area (Å²) in [6.45, 7) is 2.90. The van der Waals surface area contributed by atoms with Gasteiger partial charge in [0.05, 0.1) is 22.8 Å². The number of hydrogen-bond acceptors (Lipinski definition) is 4. The van der Waals surface area contributed by atoms with Crippen molar-refractivity contribution in [2.45, 2.75) is 19.4 Å². The van der Waals surface area contributed by atoms with Crippen LogP contribution in [0.1, 0.15) is 23.5 Å². The number of thiazole rings is 1. The van der Waals surface area contributed by atoms with Gasteiger partial charge < -0.3 is 5.32 Å². The maximum absolute atomic E-state index is 12.9. The van der Waals surface area contributed by atoms with E-state index in [0.29, 0.717) is 19.5 Å². The molecule has 0 radical (unpaired) electrons. The van der Waals surface area contributed by atoms with E-state index in [1.165, 1.54) is 12.1 Å². The summed E-state index contributed by atoms with van der Waals surface area (Å²) in [5.41, 5.74) is 2.00. The normalized spacial score (nSPS) is 12.5. The smallest absolute Gasteiger partial charge is 0.234 e. The molecule has 0 saturated heterocycles. The highest BCUT2D eigenvalue weighted by Gasteiger charge is 2.18. The fourth-order valence-corrected chi connectivity index (χ4v) is 3.76. The number of halogens is 1. The van der Waals surface area contributed by atoms with Gasteiger partial charge in [-0.3, -0.25) is 9.69 Å². The van der Waals surface area contributed by atoms with Gasteiger partial charge in [-0.2, -0.15) is 0 Å². The van der Waals surface area contributed by atoms with Crippen LogP contribution in [0.2, 0.25) is 0 Å². The first-order chi connectivity index (χ1) is 12.5. The molecule has 3 rings (SSSR count). The van der Waals surface area contributed by atoms with Crippen LogP contribution in [0.15, 0.2) is 48.5 Å². The monoisotopic (exact) mass is 371 g/mol. The molecule has 3 aromatic rings. The third-order valence-corrected chi connectivity index (χ3v) is 5.58. The zero-order chi connectivity index (χ0) is 18.5. The van der Waals surface area contributed by atoms with Crippen molar-refractivity contribution in [1.82, 2.24) is 15.2 Å². The number of carbonyl (C=O) groups is 1.